The molecule has 1 atom stereocenters. The molecule has 0 saturated heterocycles. The number of benzene rings is 1. The van der Waals surface area contributed by atoms with E-state index in [4.69, 9.17) is 4.42 Å². The van der Waals surface area contributed by atoms with Crippen LogP contribution < -0.4 is 5.32 Å². The number of hydrogen-bond donors (Lipinski definition) is 2. The minimum atomic E-state index is 0.0604. The zero-order valence-corrected chi connectivity index (χ0v) is 13.7. The highest BCUT2D eigenvalue weighted by atomic mass is 16.4. The first-order chi connectivity index (χ1) is 12.2. The smallest absolute Gasteiger partial charge is 0.197 e. The summed E-state index contributed by atoms with van der Waals surface area (Å²) in [7, 11) is 0. The molecule has 5 nitrogen and oxygen atoms in total. The van der Waals surface area contributed by atoms with Crippen LogP contribution in [0.4, 0.5) is 11.7 Å². The van der Waals surface area contributed by atoms with Crippen LogP contribution in [0.2, 0.25) is 0 Å². The zero-order valence-electron chi connectivity index (χ0n) is 13.7. The molecule has 0 aliphatic carbocycles. The summed E-state index contributed by atoms with van der Waals surface area (Å²) in [6.45, 7) is 2.04. The first-order valence-corrected chi connectivity index (χ1v) is 8.06. The summed E-state index contributed by atoms with van der Waals surface area (Å²) < 4.78 is 5.76. The van der Waals surface area contributed by atoms with Gasteiger partial charge in [0.25, 0.3) is 0 Å². The predicted molar refractivity (Wildman–Crippen MR) is 99.1 cm³/mol. The van der Waals surface area contributed by atoms with Crippen LogP contribution in [0.15, 0.2) is 64.1 Å². The molecule has 2 aromatic heterocycles. The van der Waals surface area contributed by atoms with E-state index in [0.29, 0.717) is 17.5 Å². The number of aliphatic imine (C=N–C) groups is 1. The van der Waals surface area contributed by atoms with Gasteiger partial charge in [-0.15, -0.1) is 0 Å². The Labute approximate surface area is 145 Å². The molecule has 0 bridgehead atoms. The summed E-state index contributed by atoms with van der Waals surface area (Å²) >= 11 is 0. The van der Waals surface area contributed by atoms with Gasteiger partial charge in [-0.2, -0.15) is 0 Å². The van der Waals surface area contributed by atoms with Crippen molar-refractivity contribution in [3.05, 3.63) is 71.6 Å². The summed E-state index contributed by atoms with van der Waals surface area (Å²) in [6.07, 6.45) is 5.19. The topological polar surface area (TPSA) is 70.7 Å². The Bertz CT molecular complexity index is 958. The fourth-order valence-corrected chi connectivity index (χ4v) is 2.79. The third-order valence-electron chi connectivity index (χ3n) is 4.11. The molecule has 0 radical (unpaired) electrons. The van der Waals surface area contributed by atoms with Gasteiger partial charge in [0.05, 0.1) is 6.04 Å². The molecule has 5 heteroatoms. The second-order valence-electron chi connectivity index (χ2n) is 5.87. The second-order valence-corrected chi connectivity index (χ2v) is 5.87. The summed E-state index contributed by atoms with van der Waals surface area (Å²) in [5, 5.41) is 13.4. The van der Waals surface area contributed by atoms with Crippen LogP contribution in [0.1, 0.15) is 29.9 Å². The molecule has 0 saturated carbocycles. The average Bonchev–Trinajstić information content (AvgIpc) is 3.20. The summed E-state index contributed by atoms with van der Waals surface area (Å²) in [6, 6.07) is 15.5. The predicted octanol–water partition coefficient (Wildman–Crippen LogP) is 4.81. The van der Waals surface area contributed by atoms with E-state index in [-0.39, 0.29) is 11.8 Å². The monoisotopic (exact) mass is 331 g/mol. The number of fused-ring (bicyclic) bond motifs is 1. The SMILES string of the molecule is CC(Nc1cc(O)c(C=C2C=Nc3ncccc32)o1)c1ccccc1. The first-order valence-electron chi connectivity index (χ1n) is 8.06. The van der Waals surface area contributed by atoms with Crippen molar-refractivity contribution in [1.29, 1.82) is 0 Å². The summed E-state index contributed by atoms with van der Waals surface area (Å²) in [4.78, 5) is 8.47. The Balaban J connectivity index is 1.58. The Morgan fingerprint density at radius 1 is 1.16 bits per heavy atom. The van der Waals surface area contributed by atoms with Gasteiger partial charge < -0.3 is 14.8 Å². The van der Waals surface area contributed by atoms with Gasteiger partial charge in [-0.1, -0.05) is 30.3 Å². The molecule has 124 valence electrons. The molecule has 25 heavy (non-hydrogen) atoms. The number of allylic oxidation sites excluding steroid dienone is 1. The number of nitrogens with zero attached hydrogens (tertiary/aromatic N) is 2. The van der Waals surface area contributed by atoms with E-state index in [2.05, 4.69) is 15.3 Å². The lowest BCUT2D eigenvalue weighted by Gasteiger charge is -2.12. The van der Waals surface area contributed by atoms with Crippen molar-refractivity contribution >= 4 is 29.6 Å². The van der Waals surface area contributed by atoms with Crippen LogP contribution in [0, 0.1) is 0 Å². The lowest BCUT2D eigenvalue weighted by atomic mass is 10.1. The number of nitrogens with one attached hydrogen (secondary N) is 1. The third kappa shape index (κ3) is 3.04. The second kappa shape index (κ2) is 6.28. The van der Waals surface area contributed by atoms with Gasteiger partial charge in [-0.05, 0) is 30.7 Å². The largest absolute Gasteiger partial charge is 0.504 e. The number of aromatic hydroxyl groups is 1. The number of aromatic nitrogens is 1. The molecule has 4 rings (SSSR count). The van der Waals surface area contributed by atoms with Crippen molar-refractivity contribution in [2.45, 2.75) is 13.0 Å². The summed E-state index contributed by atoms with van der Waals surface area (Å²) in [5.41, 5.74) is 2.92. The van der Waals surface area contributed by atoms with E-state index in [1.54, 1.807) is 24.6 Å². The minimum absolute atomic E-state index is 0.0604. The van der Waals surface area contributed by atoms with E-state index in [0.717, 1.165) is 16.7 Å². The van der Waals surface area contributed by atoms with Gasteiger partial charge in [0.1, 0.15) is 0 Å². The fourth-order valence-electron chi connectivity index (χ4n) is 2.79. The molecular formula is C20H17N3O2. The molecule has 1 aromatic carbocycles. The number of hydrogen-bond acceptors (Lipinski definition) is 5. The average molecular weight is 331 g/mol. The number of furan rings is 1. The van der Waals surface area contributed by atoms with Crippen LogP contribution in [0.5, 0.6) is 5.75 Å². The van der Waals surface area contributed by atoms with Gasteiger partial charge in [0, 0.05) is 29.6 Å². The zero-order chi connectivity index (χ0) is 17.2. The van der Waals surface area contributed by atoms with Crippen LogP contribution in [-0.4, -0.2) is 16.3 Å². The molecule has 0 fully saturated rings. The molecule has 1 aliphatic rings. The molecule has 1 aliphatic heterocycles. The van der Waals surface area contributed by atoms with Crippen molar-refractivity contribution in [3.8, 4) is 5.75 Å². The molecule has 2 N–H and O–H groups in total. The van der Waals surface area contributed by atoms with Gasteiger partial charge in [-0.25, -0.2) is 9.98 Å². The van der Waals surface area contributed by atoms with Crippen molar-refractivity contribution in [1.82, 2.24) is 4.98 Å². The van der Waals surface area contributed by atoms with Crippen LogP contribution >= 0.6 is 0 Å². The number of anilines is 1. The molecule has 0 amide bonds. The molecule has 3 aromatic rings. The highest BCUT2D eigenvalue weighted by Crippen LogP contribution is 2.35. The van der Waals surface area contributed by atoms with E-state index in [1.807, 2.05) is 49.4 Å². The fraction of sp³-hybridized carbons (Fsp3) is 0.100. The van der Waals surface area contributed by atoms with Crippen LogP contribution in [0.3, 0.4) is 0 Å². The quantitative estimate of drug-likeness (QED) is 0.720. The normalized spacial score (nSPS) is 15.3. The Morgan fingerprint density at radius 2 is 2.00 bits per heavy atom. The number of pyridine rings is 1. The van der Waals surface area contributed by atoms with E-state index in [1.165, 1.54) is 0 Å². The maximum absolute atomic E-state index is 10.2. The van der Waals surface area contributed by atoms with E-state index < -0.39 is 0 Å². The first kappa shape index (κ1) is 15.2. The Morgan fingerprint density at radius 3 is 2.84 bits per heavy atom. The maximum Gasteiger partial charge on any atom is 0.197 e. The van der Waals surface area contributed by atoms with Crippen LogP contribution in [-0.2, 0) is 0 Å². The highest BCUT2D eigenvalue weighted by Gasteiger charge is 2.16. The van der Waals surface area contributed by atoms with Crippen molar-refractivity contribution in [2.75, 3.05) is 5.32 Å². The summed E-state index contributed by atoms with van der Waals surface area (Å²) in [5.74, 6) is 1.67. The van der Waals surface area contributed by atoms with Gasteiger partial charge >= 0.3 is 0 Å². The maximum atomic E-state index is 10.2. The highest BCUT2D eigenvalue weighted by molar-refractivity contribution is 6.20. The molecule has 1 unspecified atom stereocenters. The van der Waals surface area contributed by atoms with Gasteiger partial charge in [-0.3, -0.25) is 0 Å². The molecule has 0 spiro atoms. The van der Waals surface area contributed by atoms with E-state index >= 15 is 0 Å². The third-order valence-corrected chi connectivity index (χ3v) is 4.11. The van der Waals surface area contributed by atoms with Gasteiger partial charge in [0.2, 0.25) is 0 Å². The van der Waals surface area contributed by atoms with Crippen LogP contribution in [0.25, 0.3) is 11.6 Å². The minimum Gasteiger partial charge on any atom is -0.504 e. The van der Waals surface area contributed by atoms with Crippen molar-refractivity contribution < 1.29 is 9.52 Å². The lowest BCUT2D eigenvalue weighted by molar-refractivity contribution is 0.455. The van der Waals surface area contributed by atoms with Gasteiger partial charge in [0.15, 0.2) is 23.2 Å². The number of rotatable bonds is 4. The van der Waals surface area contributed by atoms with E-state index in [9.17, 15) is 5.11 Å². The Kier molecular flexibility index (Phi) is 3.82. The Hall–Kier alpha value is -3.34. The lowest BCUT2D eigenvalue weighted by Crippen LogP contribution is -2.05. The van der Waals surface area contributed by atoms with Crippen molar-refractivity contribution in [3.63, 3.8) is 0 Å². The standard InChI is InChI=1S/C20H17N3O2/c1-13(14-6-3-2-4-7-14)23-19-11-17(24)18(25-19)10-15-12-22-20-16(15)8-5-9-21-20/h2-13,23-24H,1H3. The molecule has 3 heterocycles. The van der Waals surface area contributed by atoms with Crippen molar-refractivity contribution in [2.24, 2.45) is 4.99 Å². The molecular weight excluding hydrogens is 314 g/mol.